The van der Waals surface area contributed by atoms with Gasteiger partial charge in [-0.05, 0) is 0 Å². The molecule has 7 N–H and O–H groups in total. The van der Waals surface area contributed by atoms with Gasteiger partial charge in [0.05, 0.1) is 13.2 Å². The molecule has 0 amide bonds. The van der Waals surface area contributed by atoms with E-state index >= 15 is 0 Å². The van der Waals surface area contributed by atoms with Gasteiger partial charge in [0.2, 0.25) is 5.79 Å². The number of ether oxygens (including phenoxy) is 4. The van der Waals surface area contributed by atoms with Gasteiger partial charge in [0.15, 0.2) is 6.29 Å². The van der Waals surface area contributed by atoms with Crippen LogP contribution < -0.4 is 0 Å². The molecule has 0 radical (unpaired) electrons. The maximum atomic E-state index is 10.1. The fourth-order valence-corrected chi connectivity index (χ4v) is 2.78. The summed E-state index contributed by atoms with van der Waals surface area (Å²) in [6.07, 6.45) is -12.0. The summed E-state index contributed by atoms with van der Waals surface area (Å²) in [5, 5.41) is 68.3. The van der Waals surface area contributed by atoms with Crippen LogP contribution in [0.5, 0.6) is 0 Å². The van der Waals surface area contributed by atoms with Gasteiger partial charge < -0.3 is 54.7 Å². The molecule has 0 aromatic carbocycles. The normalized spacial score (nSPS) is 47.5. The molecule has 2 aliphatic rings. The van der Waals surface area contributed by atoms with Crippen LogP contribution in [0.4, 0.5) is 0 Å². The van der Waals surface area contributed by atoms with Gasteiger partial charge in [0.25, 0.3) is 0 Å². The second-order valence-electron chi connectivity index (χ2n) is 5.83. The van der Waals surface area contributed by atoms with Crippen molar-refractivity contribution in [2.75, 3.05) is 26.9 Å². The second-order valence-corrected chi connectivity index (χ2v) is 5.83. The van der Waals surface area contributed by atoms with E-state index in [-0.39, 0.29) is 58.0 Å². The minimum atomic E-state index is -2.18. The van der Waals surface area contributed by atoms with Gasteiger partial charge in [-0.1, -0.05) is 0 Å². The SMILES string of the molecule is COC[C@H]1O[C@H](O[C@]2(CO)O[C@H](CO)[C@@H](O)[C@@H]2O)[C@H](O)[C@@H](O)[C@@H]1O.[KH]. The Morgan fingerprint density at radius 1 is 0.920 bits per heavy atom. The van der Waals surface area contributed by atoms with Crippen LogP contribution in [0.1, 0.15) is 0 Å². The molecule has 2 rings (SSSR count). The van der Waals surface area contributed by atoms with Crippen molar-refractivity contribution in [2.24, 2.45) is 0 Å². The van der Waals surface area contributed by atoms with E-state index in [1.807, 2.05) is 0 Å². The quantitative estimate of drug-likeness (QED) is 0.213. The molecule has 2 aliphatic heterocycles. The zero-order valence-electron chi connectivity index (χ0n) is 13.0. The first-order chi connectivity index (χ1) is 11.3. The van der Waals surface area contributed by atoms with Gasteiger partial charge in [0.1, 0.15) is 49.3 Å². The van der Waals surface area contributed by atoms with Crippen LogP contribution in [0.3, 0.4) is 0 Å². The molecule has 25 heavy (non-hydrogen) atoms. The number of rotatable bonds is 6. The minimum absolute atomic E-state index is 0. The number of hydrogen-bond donors (Lipinski definition) is 7. The summed E-state index contributed by atoms with van der Waals surface area (Å²) < 4.78 is 20.7. The molecule has 12 heteroatoms. The molecule has 2 saturated heterocycles. The molecular formula is C13H25KO11. The third-order valence-electron chi connectivity index (χ3n) is 4.22. The molecule has 2 fully saturated rings. The van der Waals surface area contributed by atoms with Crippen molar-refractivity contribution in [3.05, 3.63) is 0 Å². The fraction of sp³-hybridized carbons (Fsp3) is 1.00. The third kappa shape index (κ3) is 4.79. The Morgan fingerprint density at radius 2 is 1.56 bits per heavy atom. The number of aliphatic hydroxyl groups is 7. The summed E-state index contributed by atoms with van der Waals surface area (Å²) in [5.41, 5.74) is 0. The summed E-state index contributed by atoms with van der Waals surface area (Å²) in [6, 6.07) is 0. The monoisotopic (exact) mass is 396 g/mol. The van der Waals surface area contributed by atoms with E-state index in [9.17, 15) is 30.6 Å². The van der Waals surface area contributed by atoms with E-state index in [1.54, 1.807) is 0 Å². The molecule has 0 aromatic rings. The van der Waals surface area contributed by atoms with Crippen LogP contribution in [0.25, 0.3) is 0 Å². The Kier molecular flexibility index (Phi) is 9.80. The zero-order valence-corrected chi connectivity index (χ0v) is 13.0. The maximum absolute atomic E-state index is 10.1. The molecular weight excluding hydrogens is 371 g/mol. The first kappa shape index (κ1) is 24.2. The fourth-order valence-electron chi connectivity index (χ4n) is 2.78. The van der Waals surface area contributed by atoms with Crippen molar-refractivity contribution < 1.29 is 54.7 Å². The molecule has 11 nitrogen and oxygen atoms in total. The molecule has 0 saturated carbocycles. The van der Waals surface area contributed by atoms with Crippen LogP contribution in [-0.4, -0.2) is 169 Å². The number of aliphatic hydroxyl groups excluding tert-OH is 7. The van der Waals surface area contributed by atoms with Crippen LogP contribution in [0.15, 0.2) is 0 Å². The average Bonchev–Trinajstić information content (AvgIpc) is 2.82. The average molecular weight is 396 g/mol. The predicted octanol–water partition coefficient (Wildman–Crippen LogP) is -5.39. The Morgan fingerprint density at radius 3 is 2.04 bits per heavy atom. The molecule has 0 aliphatic carbocycles. The van der Waals surface area contributed by atoms with Gasteiger partial charge in [-0.25, -0.2) is 0 Å². The van der Waals surface area contributed by atoms with Gasteiger partial charge >= 0.3 is 51.4 Å². The topological polar surface area (TPSA) is 179 Å². The van der Waals surface area contributed by atoms with E-state index in [2.05, 4.69) is 0 Å². The molecule has 0 bridgehead atoms. The standard InChI is InChI=1S/C13H24O11.K.H/c1-21-3-6-7(16)9(18)10(19)12(22-6)24-13(4-15)11(20)8(17)5(2-14)23-13;;/h5-12,14-20H,2-4H2,1H3;;/t5-,6-,7-,8-,9+,10-,11+,12-,13+;;/m1../s1. The van der Waals surface area contributed by atoms with Crippen LogP contribution >= 0.6 is 0 Å². The summed E-state index contributed by atoms with van der Waals surface area (Å²) in [5.74, 6) is -2.18. The predicted molar refractivity (Wildman–Crippen MR) is 80.6 cm³/mol. The van der Waals surface area contributed by atoms with Gasteiger partial charge in [-0.2, -0.15) is 0 Å². The second kappa shape index (κ2) is 10.1. The summed E-state index contributed by atoms with van der Waals surface area (Å²) in [6.45, 7) is -1.70. The van der Waals surface area contributed by atoms with Gasteiger partial charge in [0, 0.05) is 7.11 Å². The Bertz CT molecular complexity index is 415. The Hall–Kier alpha value is 1.20. The summed E-state index contributed by atoms with van der Waals surface area (Å²) in [4.78, 5) is 0. The molecule has 0 aromatic heterocycles. The van der Waals surface area contributed by atoms with E-state index in [0.29, 0.717) is 0 Å². The molecule has 0 unspecified atom stereocenters. The van der Waals surface area contributed by atoms with Crippen molar-refractivity contribution in [3.63, 3.8) is 0 Å². The van der Waals surface area contributed by atoms with Gasteiger partial charge in [-0.3, -0.25) is 0 Å². The van der Waals surface area contributed by atoms with Crippen LogP contribution in [0, 0.1) is 0 Å². The molecule has 0 spiro atoms. The first-order valence-electron chi connectivity index (χ1n) is 7.43. The number of hydrogen-bond acceptors (Lipinski definition) is 11. The zero-order chi connectivity index (χ0) is 18.1. The van der Waals surface area contributed by atoms with Crippen LogP contribution in [-0.2, 0) is 18.9 Å². The Balaban J connectivity index is 0.00000312. The third-order valence-corrected chi connectivity index (χ3v) is 4.22. The van der Waals surface area contributed by atoms with E-state index in [0.717, 1.165) is 0 Å². The Labute approximate surface area is 186 Å². The van der Waals surface area contributed by atoms with Gasteiger partial charge in [-0.15, -0.1) is 0 Å². The van der Waals surface area contributed by atoms with Crippen molar-refractivity contribution in [3.8, 4) is 0 Å². The van der Waals surface area contributed by atoms with Crippen molar-refractivity contribution in [1.82, 2.24) is 0 Å². The number of methoxy groups -OCH3 is 1. The summed E-state index contributed by atoms with van der Waals surface area (Å²) >= 11 is 0. The van der Waals surface area contributed by atoms with E-state index in [1.165, 1.54) is 7.11 Å². The van der Waals surface area contributed by atoms with Crippen molar-refractivity contribution in [2.45, 2.75) is 54.8 Å². The van der Waals surface area contributed by atoms with E-state index in [4.69, 9.17) is 24.1 Å². The van der Waals surface area contributed by atoms with E-state index < -0.39 is 68.0 Å². The molecule has 2 heterocycles. The molecule has 144 valence electrons. The van der Waals surface area contributed by atoms with Crippen molar-refractivity contribution in [1.29, 1.82) is 0 Å². The molecule has 9 atom stereocenters. The van der Waals surface area contributed by atoms with Crippen molar-refractivity contribution >= 4 is 51.4 Å². The van der Waals surface area contributed by atoms with Crippen LogP contribution in [0.2, 0.25) is 0 Å². The first-order valence-corrected chi connectivity index (χ1v) is 7.43. The summed E-state index contributed by atoms with van der Waals surface area (Å²) in [7, 11) is 1.34.